The number of para-hydroxylation sites is 1. The van der Waals surface area contributed by atoms with Crippen LogP contribution in [0.15, 0.2) is 18.2 Å². The maximum atomic E-state index is 13.3. The summed E-state index contributed by atoms with van der Waals surface area (Å²) in [5.74, 6) is -0.260. The van der Waals surface area contributed by atoms with Gasteiger partial charge in [-0.15, -0.1) is 0 Å². The first-order chi connectivity index (χ1) is 6.61. The lowest BCUT2D eigenvalue weighted by Gasteiger charge is -2.39. The molecule has 1 aromatic rings. The smallest absolute Gasteiger partial charge is 0.174 e. The minimum absolute atomic E-state index is 0.151. The van der Waals surface area contributed by atoms with E-state index in [9.17, 15) is 4.39 Å². The molecule has 1 N–H and O–H groups in total. The Balaban J connectivity index is 2.23. The number of rotatable bonds is 2. The Morgan fingerprint density at radius 2 is 2.21 bits per heavy atom. The van der Waals surface area contributed by atoms with Crippen molar-refractivity contribution in [1.29, 1.82) is 0 Å². The van der Waals surface area contributed by atoms with Crippen LogP contribution < -0.4 is 10.1 Å². The molecule has 0 atom stereocenters. The molecular weight excluding hydrogens is 205 g/mol. The maximum Gasteiger partial charge on any atom is 0.174 e. The van der Waals surface area contributed by atoms with Crippen molar-refractivity contribution in [2.45, 2.75) is 12.5 Å². The molecule has 14 heavy (non-hydrogen) atoms. The summed E-state index contributed by atoms with van der Waals surface area (Å²) >= 11 is 5.83. The van der Waals surface area contributed by atoms with E-state index in [0.29, 0.717) is 5.02 Å². The van der Waals surface area contributed by atoms with Crippen molar-refractivity contribution in [3.63, 3.8) is 0 Å². The molecule has 4 heteroatoms. The van der Waals surface area contributed by atoms with Crippen LogP contribution in [-0.2, 0) is 0 Å². The zero-order valence-electron chi connectivity index (χ0n) is 7.81. The normalized spacial score (nSPS) is 18.8. The van der Waals surface area contributed by atoms with E-state index in [-0.39, 0.29) is 11.4 Å². The summed E-state index contributed by atoms with van der Waals surface area (Å²) in [6, 6.07) is 4.53. The molecule has 0 bridgehead atoms. The lowest BCUT2D eigenvalue weighted by atomic mass is 10.00. The standard InChI is InChI=1S/C10H11ClFNO/c1-10(5-13-6-10)14-9-7(11)3-2-4-8(9)12/h2-4,13H,5-6H2,1H3. The molecule has 0 aliphatic carbocycles. The summed E-state index contributed by atoms with van der Waals surface area (Å²) in [5, 5.41) is 3.39. The van der Waals surface area contributed by atoms with Crippen molar-refractivity contribution in [2.24, 2.45) is 0 Å². The van der Waals surface area contributed by atoms with Crippen molar-refractivity contribution < 1.29 is 9.13 Å². The molecule has 0 aromatic heterocycles. The molecule has 1 aromatic carbocycles. The predicted octanol–water partition coefficient (Wildman–Crippen LogP) is 2.22. The van der Waals surface area contributed by atoms with Crippen molar-refractivity contribution in [3.8, 4) is 5.75 Å². The van der Waals surface area contributed by atoms with Gasteiger partial charge in [0.05, 0.1) is 5.02 Å². The molecule has 1 fully saturated rings. The molecule has 0 amide bonds. The summed E-state index contributed by atoms with van der Waals surface area (Å²) in [6.45, 7) is 3.36. The van der Waals surface area contributed by atoms with Crippen LogP contribution >= 0.6 is 11.6 Å². The van der Waals surface area contributed by atoms with Crippen LogP contribution in [0.3, 0.4) is 0 Å². The average molecular weight is 216 g/mol. The van der Waals surface area contributed by atoms with Gasteiger partial charge in [0, 0.05) is 13.1 Å². The topological polar surface area (TPSA) is 21.3 Å². The van der Waals surface area contributed by atoms with Crippen LogP contribution in [0.2, 0.25) is 5.02 Å². The van der Waals surface area contributed by atoms with Crippen LogP contribution in [-0.4, -0.2) is 18.7 Å². The van der Waals surface area contributed by atoms with Gasteiger partial charge >= 0.3 is 0 Å². The van der Waals surface area contributed by atoms with E-state index in [1.807, 2.05) is 6.92 Å². The zero-order valence-corrected chi connectivity index (χ0v) is 8.57. The Morgan fingerprint density at radius 3 is 2.71 bits per heavy atom. The summed E-state index contributed by atoms with van der Waals surface area (Å²) in [6.07, 6.45) is 0. The number of hydrogen-bond acceptors (Lipinski definition) is 2. The SMILES string of the molecule is CC1(Oc2c(F)cccc2Cl)CNC1. The lowest BCUT2D eigenvalue weighted by Crippen LogP contribution is -2.61. The fraction of sp³-hybridized carbons (Fsp3) is 0.400. The minimum Gasteiger partial charge on any atom is -0.480 e. The second-order valence-corrected chi connectivity index (χ2v) is 4.11. The second kappa shape index (κ2) is 3.41. The lowest BCUT2D eigenvalue weighted by molar-refractivity contribution is 0.0312. The van der Waals surface area contributed by atoms with E-state index in [1.165, 1.54) is 6.07 Å². The van der Waals surface area contributed by atoms with E-state index >= 15 is 0 Å². The van der Waals surface area contributed by atoms with E-state index in [1.54, 1.807) is 12.1 Å². The average Bonchev–Trinajstić information content (AvgIpc) is 2.09. The molecule has 0 saturated carbocycles. The molecule has 2 rings (SSSR count). The van der Waals surface area contributed by atoms with Crippen LogP contribution in [0.4, 0.5) is 4.39 Å². The molecule has 2 nitrogen and oxygen atoms in total. The summed E-state index contributed by atoms with van der Waals surface area (Å²) in [4.78, 5) is 0. The van der Waals surface area contributed by atoms with Gasteiger partial charge < -0.3 is 10.1 Å². The highest BCUT2D eigenvalue weighted by Gasteiger charge is 2.35. The van der Waals surface area contributed by atoms with Crippen LogP contribution in [0.1, 0.15) is 6.92 Å². The van der Waals surface area contributed by atoms with Crippen molar-refractivity contribution in [3.05, 3.63) is 29.0 Å². The molecule has 0 radical (unpaired) electrons. The third-order valence-corrected chi connectivity index (χ3v) is 2.56. The highest BCUT2D eigenvalue weighted by atomic mass is 35.5. The Bertz CT molecular complexity index is 332. The van der Waals surface area contributed by atoms with E-state index in [4.69, 9.17) is 16.3 Å². The van der Waals surface area contributed by atoms with Gasteiger partial charge in [0.1, 0.15) is 5.60 Å². The number of ether oxygens (including phenoxy) is 1. The Kier molecular flexibility index (Phi) is 2.37. The fourth-order valence-electron chi connectivity index (χ4n) is 1.38. The number of benzene rings is 1. The molecule has 1 aliphatic rings. The Labute approximate surface area is 87.0 Å². The summed E-state index contributed by atoms with van der Waals surface area (Å²) in [7, 11) is 0. The molecular formula is C10H11ClFNO. The van der Waals surface area contributed by atoms with Gasteiger partial charge in [0.25, 0.3) is 0 Å². The van der Waals surface area contributed by atoms with Crippen LogP contribution in [0.25, 0.3) is 0 Å². The van der Waals surface area contributed by atoms with E-state index in [2.05, 4.69) is 5.32 Å². The number of halogens is 2. The van der Waals surface area contributed by atoms with Crippen LogP contribution in [0, 0.1) is 5.82 Å². The minimum atomic E-state index is -0.411. The Morgan fingerprint density at radius 1 is 1.50 bits per heavy atom. The maximum absolute atomic E-state index is 13.3. The molecule has 0 spiro atoms. The van der Waals surface area contributed by atoms with Gasteiger partial charge in [-0.05, 0) is 19.1 Å². The highest BCUT2D eigenvalue weighted by molar-refractivity contribution is 6.32. The highest BCUT2D eigenvalue weighted by Crippen LogP contribution is 2.31. The third-order valence-electron chi connectivity index (χ3n) is 2.27. The quantitative estimate of drug-likeness (QED) is 0.817. The fourth-order valence-corrected chi connectivity index (χ4v) is 1.58. The van der Waals surface area contributed by atoms with Gasteiger partial charge in [0.15, 0.2) is 11.6 Å². The van der Waals surface area contributed by atoms with E-state index in [0.717, 1.165) is 13.1 Å². The number of nitrogens with one attached hydrogen (secondary N) is 1. The molecule has 1 heterocycles. The first-order valence-corrected chi connectivity index (χ1v) is 4.82. The monoisotopic (exact) mass is 215 g/mol. The van der Waals surface area contributed by atoms with Gasteiger partial charge in [-0.2, -0.15) is 0 Å². The molecule has 0 unspecified atom stereocenters. The first kappa shape index (κ1) is 9.74. The Hall–Kier alpha value is -0.800. The van der Waals surface area contributed by atoms with Gasteiger partial charge in [-0.25, -0.2) is 4.39 Å². The largest absolute Gasteiger partial charge is 0.480 e. The van der Waals surface area contributed by atoms with Gasteiger partial charge in [-0.3, -0.25) is 0 Å². The first-order valence-electron chi connectivity index (χ1n) is 4.44. The van der Waals surface area contributed by atoms with Gasteiger partial charge in [-0.1, -0.05) is 17.7 Å². The second-order valence-electron chi connectivity index (χ2n) is 3.71. The molecule has 76 valence electrons. The molecule has 1 aliphatic heterocycles. The van der Waals surface area contributed by atoms with Crippen molar-refractivity contribution >= 4 is 11.6 Å². The summed E-state index contributed by atoms with van der Waals surface area (Å²) < 4.78 is 18.8. The van der Waals surface area contributed by atoms with Crippen molar-refractivity contribution in [1.82, 2.24) is 5.32 Å². The third kappa shape index (κ3) is 1.70. The van der Waals surface area contributed by atoms with Crippen LogP contribution in [0.5, 0.6) is 5.75 Å². The summed E-state index contributed by atoms with van der Waals surface area (Å²) in [5.41, 5.74) is -0.328. The van der Waals surface area contributed by atoms with Gasteiger partial charge in [0.2, 0.25) is 0 Å². The molecule has 1 saturated heterocycles. The zero-order chi connectivity index (χ0) is 10.2. The number of hydrogen-bond donors (Lipinski definition) is 1. The van der Waals surface area contributed by atoms with E-state index < -0.39 is 5.82 Å². The predicted molar refractivity (Wildman–Crippen MR) is 53.3 cm³/mol. The van der Waals surface area contributed by atoms with Crippen molar-refractivity contribution in [2.75, 3.05) is 13.1 Å².